The van der Waals surface area contributed by atoms with Crippen LogP contribution in [0.5, 0.6) is 0 Å². The molecule has 164 valence electrons. The maximum atomic E-state index is 12.4. The fourth-order valence-electron chi connectivity index (χ4n) is 3.35. The number of hydrogen-bond acceptors (Lipinski definition) is 8. The van der Waals surface area contributed by atoms with E-state index >= 15 is 0 Å². The van der Waals surface area contributed by atoms with Crippen LogP contribution >= 0.6 is 0 Å². The molecule has 1 aromatic heterocycles. The minimum atomic E-state index is -0.833. The van der Waals surface area contributed by atoms with Crippen LogP contribution in [-0.2, 0) is 14.4 Å². The zero-order valence-electron chi connectivity index (χ0n) is 16.6. The number of aliphatic carboxylic acids is 2. The number of H-pyrrole nitrogens is 1. The summed E-state index contributed by atoms with van der Waals surface area (Å²) < 4.78 is 0. The van der Waals surface area contributed by atoms with Crippen molar-refractivity contribution in [3.8, 4) is 0 Å². The van der Waals surface area contributed by atoms with Gasteiger partial charge in [-0.2, -0.15) is 4.98 Å². The summed E-state index contributed by atoms with van der Waals surface area (Å²) in [5, 5.41) is 31.2. The van der Waals surface area contributed by atoms with Crippen LogP contribution in [0.4, 0.5) is 5.95 Å². The number of carboxylic acids is 2. The van der Waals surface area contributed by atoms with Crippen molar-refractivity contribution in [1.29, 1.82) is 0 Å². The van der Waals surface area contributed by atoms with Crippen molar-refractivity contribution in [1.82, 2.24) is 20.1 Å². The number of carboxylic acid groups (broad SMARTS) is 2. The number of carbonyl (C=O) groups is 3. The van der Waals surface area contributed by atoms with Crippen LogP contribution in [-0.4, -0.2) is 78.5 Å². The van der Waals surface area contributed by atoms with E-state index in [-0.39, 0.29) is 29.7 Å². The lowest BCUT2D eigenvalue weighted by Gasteiger charge is -2.32. The molecule has 3 rings (SSSR count). The molecule has 12 heteroatoms. The number of likely N-dealkylation sites (tertiary alicyclic amines) is 1. The molecular formula is C17H30N6O6. The minimum absolute atomic E-state index is 0.123. The number of nitrogen functional groups attached to an aromatic ring is 1. The largest absolute Gasteiger partial charge is 0.481 e. The molecule has 1 aromatic rings. The molecule has 0 aromatic carbocycles. The van der Waals surface area contributed by atoms with Gasteiger partial charge < -0.3 is 31.7 Å². The Labute approximate surface area is 168 Å². The first-order valence-electron chi connectivity index (χ1n) is 9.30. The van der Waals surface area contributed by atoms with E-state index in [1.807, 2.05) is 4.90 Å². The van der Waals surface area contributed by atoms with Gasteiger partial charge in [-0.1, -0.05) is 0 Å². The molecule has 2 fully saturated rings. The molecule has 2 aliphatic rings. The van der Waals surface area contributed by atoms with E-state index in [4.69, 9.17) is 31.3 Å². The number of aliphatic hydroxyl groups is 1. The second-order valence-corrected chi connectivity index (χ2v) is 7.12. The monoisotopic (exact) mass is 414 g/mol. The zero-order chi connectivity index (χ0) is 22.1. The van der Waals surface area contributed by atoms with Gasteiger partial charge in [0.15, 0.2) is 0 Å². The molecule has 0 radical (unpaired) electrons. The van der Waals surface area contributed by atoms with Crippen molar-refractivity contribution in [2.75, 3.05) is 18.8 Å². The molecule has 12 nitrogen and oxygen atoms in total. The predicted octanol–water partition coefficient (Wildman–Crippen LogP) is -0.627. The number of amides is 1. The number of nitrogens with zero attached hydrogens (tertiary/aromatic N) is 3. The SMILES string of the molecule is CC(=O)O.CC(=O)O.Nc1n[nH]c(C2CCN(C(=O)[C@H]3C[C@@H](N)[C@H](O)C3)CC2)n1. The quantitative estimate of drug-likeness (QED) is 0.361. The lowest BCUT2D eigenvalue weighted by molar-refractivity contribution is -0.137. The van der Waals surface area contributed by atoms with Crippen LogP contribution < -0.4 is 11.5 Å². The molecule has 29 heavy (non-hydrogen) atoms. The Morgan fingerprint density at radius 2 is 1.62 bits per heavy atom. The first-order valence-corrected chi connectivity index (χ1v) is 9.30. The summed E-state index contributed by atoms with van der Waals surface area (Å²) in [6, 6.07) is -0.270. The van der Waals surface area contributed by atoms with Crippen molar-refractivity contribution in [3.05, 3.63) is 5.82 Å². The van der Waals surface area contributed by atoms with Crippen LogP contribution in [0.2, 0.25) is 0 Å². The van der Waals surface area contributed by atoms with Gasteiger partial charge in [0, 0.05) is 44.8 Å². The highest BCUT2D eigenvalue weighted by Crippen LogP contribution is 2.30. The Balaban J connectivity index is 0.000000452. The molecule has 8 N–H and O–H groups in total. The van der Waals surface area contributed by atoms with Gasteiger partial charge in [-0.25, -0.2) is 0 Å². The topological polar surface area (TPSA) is 209 Å². The van der Waals surface area contributed by atoms with E-state index in [0.29, 0.717) is 25.9 Å². The van der Waals surface area contributed by atoms with Gasteiger partial charge in [0.2, 0.25) is 11.9 Å². The van der Waals surface area contributed by atoms with E-state index in [9.17, 15) is 9.90 Å². The van der Waals surface area contributed by atoms with Gasteiger partial charge in [0.05, 0.1) is 6.10 Å². The predicted molar refractivity (Wildman–Crippen MR) is 103 cm³/mol. The average Bonchev–Trinajstić information content (AvgIpc) is 3.19. The number of carbonyl (C=O) groups excluding carboxylic acids is 1. The van der Waals surface area contributed by atoms with Crippen LogP contribution in [0.3, 0.4) is 0 Å². The normalized spacial score (nSPS) is 24.0. The number of nitrogens with one attached hydrogen (secondary N) is 1. The Kier molecular flexibility index (Phi) is 9.48. The highest BCUT2D eigenvalue weighted by molar-refractivity contribution is 5.79. The molecular weight excluding hydrogens is 384 g/mol. The summed E-state index contributed by atoms with van der Waals surface area (Å²) in [5.41, 5.74) is 11.3. The second-order valence-electron chi connectivity index (χ2n) is 7.12. The van der Waals surface area contributed by atoms with Crippen molar-refractivity contribution in [3.63, 3.8) is 0 Å². The van der Waals surface area contributed by atoms with Crippen LogP contribution in [0.15, 0.2) is 0 Å². The van der Waals surface area contributed by atoms with Crippen LogP contribution in [0.25, 0.3) is 0 Å². The molecule has 1 aliphatic carbocycles. The van der Waals surface area contributed by atoms with E-state index in [2.05, 4.69) is 15.2 Å². The molecule has 2 heterocycles. The molecule has 3 atom stereocenters. The number of rotatable bonds is 2. The maximum Gasteiger partial charge on any atom is 0.300 e. The summed E-state index contributed by atoms with van der Waals surface area (Å²) in [7, 11) is 0. The highest BCUT2D eigenvalue weighted by atomic mass is 16.4. The summed E-state index contributed by atoms with van der Waals surface area (Å²) in [6.07, 6.45) is 2.22. The summed E-state index contributed by atoms with van der Waals surface area (Å²) >= 11 is 0. The van der Waals surface area contributed by atoms with Gasteiger partial charge in [-0.15, -0.1) is 5.10 Å². The average molecular weight is 414 g/mol. The smallest absolute Gasteiger partial charge is 0.300 e. The van der Waals surface area contributed by atoms with E-state index < -0.39 is 18.0 Å². The number of nitrogens with two attached hydrogens (primary N) is 2. The van der Waals surface area contributed by atoms with Gasteiger partial charge in [-0.3, -0.25) is 19.5 Å². The van der Waals surface area contributed by atoms with Crippen LogP contribution in [0.1, 0.15) is 51.3 Å². The zero-order valence-corrected chi connectivity index (χ0v) is 16.6. The third-order valence-electron chi connectivity index (χ3n) is 4.64. The lowest BCUT2D eigenvalue weighted by atomic mass is 9.94. The fourth-order valence-corrected chi connectivity index (χ4v) is 3.35. The number of aliphatic hydroxyl groups excluding tert-OH is 1. The standard InChI is InChI=1S/C13H22N6O2.2C2H4O2/c14-9-5-8(6-10(9)20)12(21)19-3-1-7(2-4-19)11-16-13(15)18-17-11;2*1-2(3)4/h7-10,20H,1-6,14H2,(H3,15,16,17,18);2*1H3,(H,3,4)/t8-,9+,10+;;/m0../s1. The Hall–Kier alpha value is -2.73. The molecule has 1 amide bonds. The number of hydrogen-bond donors (Lipinski definition) is 6. The third-order valence-corrected chi connectivity index (χ3v) is 4.64. The minimum Gasteiger partial charge on any atom is -0.481 e. The maximum absolute atomic E-state index is 12.4. The Morgan fingerprint density at radius 1 is 1.10 bits per heavy atom. The first-order chi connectivity index (χ1) is 13.5. The number of anilines is 1. The third kappa shape index (κ3) is 8.44. The summed E-state index contributed by atoms with van der Waals surface area (Å²) in [4.78, 5) is 36.5. The molecule has 0 unspecified atom stereocenters. The molecule has 1 aliphatic heterocycles. The molecule has 0 spiro atoms. The number of aromatic amines is 1. The second kappa shape index (κ2) is 11.3. The van der Waals surface area contributed by atoms with Gasteiger partial charge >= 0.3 is 0 Å². The van der Waals surface area contributed by atoms with Crippen molar-refractivity contribution >= 4 is 23.8 Å². The van der Waals surface area contributed by atoms with Crippen LogP contribution in [0, 0.1) is 5.92 Å². The van der Waals surface area contributed by atoms with Gasteiger partial charge in [0.25, 0.3) is 11.9 Å². The molecule has 1 saturated heterocycles. The van der Waals surface area contributed by atoms with E-state index in [0.717, 1.165) is 32.5 Å². The van der Waals surface area contributed by atoms with Gasteiger partial charge in [0.1, 0.15) is 5.82 Å². The van der Waals surface area contributed by atoms with E-state index in [1.165, 1.54) is 0 Å². The Bertz CT molecular complexity index is 658. The molecule has 0 bridgehead atoms. The van der Waals surface area contributed by atoms with Gasteiger partial charge in [-0.05, 0) is 25.7 Å². The lowest BCUT2D eigenvalue weighted by Crippen LogP contribution is -2.41. The highest BCUT2D eigenvalue weighted by Gasteiger charge is 2.37. The van der Waals surface area contributed by atoms with Crippen molar-refractivity contribution < 1.29 is 29.7 Å². The Morgan fingerprint density at radius 3 is 2.00 bits per heavy atom. The van der Waals surface area contributed by atoms with E-state index in [1.54, 1.807) is 0 Å². The van der Waals surface area contributed by atoms with Crippen molar-refractivity contribution in [2.24, 2.45) is 11.7 Å². The number of aromatic nitrogens is 3. The molecule has 1 saturated carbocycles. The van der Waals surface area contributed by atoms with Crippen molar-refractivity contribution in [2.45, 2.75) is 57.6 Å². The fraction of sp³-hybridized carbons (Fsp3) is 0.706. The first kappa shape index (κ1) is 24.3. The summed E-state index contributed by atoms with van der Waals surface area (Å²) in [5.74, 6) is -0.337. The summed E-state index contributed by atoms with van der Waals surface area (Å²) in [6.45, 7) is 3.57. The number of piperidine rings is 1.